The fourth-order valence-corrected chi connectivity index (χ4v) is 2.95. The zero-order chi connectivity index (χ0) is 21.3. The Morgan fingerprint density at radius 1 is 0.933 bits per heavy atom. The van der Waals surface area contributed by atoms with E-state index in [-0.39, 0.29) is 18.8 Å². The summed E-state index contributed by atoms with van der Waals surface area (Å²) in [6.07, 6.45) is -0.404. The van der Waals surface area contributed by atoms with Crippen molar-refractivity contribution in [3.05, 3.63) is 101 Å². The first-order valence-corrected chi connectivity index (χ1v) is 9.59. The Balaban J connectivity index is 1.69. The van der Waals surface area contributed by atoms with Gasteiger partial charge in [0.05, 0.1) is 0 Å². The minimum absolute atomic E-state index is 0.101. The summed E-state index contributed by atoms with van der Waals surface area (Å²) in [6, 6.07) is 21.9. The summed E-state index contributed by atoms with van der Waals surface area (Å²) in [6.45, 7) is 1.80. The van der Waals surface area contributed by atoms with Crippen LogP contribution < -0.4 is 10.6 Å². The van der Waals surface area contributed by atoms with Crippen LogP contribution in [-0.4, -0.2) is 18.0 Å². The van der Waals surface area contributed by atoms with Crippen molar-refractivity contribution < 1.29 is 18.7 Å². The lowest BCUT2D eigenvalue weighted by atomic mass is 10.0. The number of hydrogen-bond donors (Lipinski definition) is 2. The number of benzene rings is 3. The molecule has 6 heteroatoms. The molecule has 0 spiro atoms. The summed E-state index contributed by atoms with van der Waals surface area (Å²) >= 11 is 0. The molecule has 0 aliphatic carbocycles. The van der Waals surface area contributed by atoms with Crippen molar-refractivity contribution in [2.45, 2.75) is 26.0 Å². The SMILES string of the molecule is Cc1cc(F)ccc1NC(=O)[C@H](Cc1ccccc1)NC(=O)OCc1ccccc1. The van der Waals surface area contributed by atoms with Gasteiger partial charge in [-0.25, -0.2) is 9.18 Å². The van der Waals surface area contributed by atoms with E-state index in [9.17, 15) is 14.0 Å². The minimum atomic E-state index is -0.861. The Bertz CT molecular complexity index is 994. The maximum atomic E-state index is 13.3. The third-order valence-corrected chi connectivity index (χ3v) is 4.55. The number of ether oxygens (including phenoxy) is 1. The average Bonchev–Trinajstić information content (AvgIpc) is 2.75. The molecule has 2 amide bonds. The summed E-state index contributed by atoms with van der Waals surface area (Å²) < 4.78 is 18.6. The zero-order valence-electron chi connectivity index (χ0n) is 16.6. The monoisotopic (exact) mass is 406 g/mol. The highest BCUT2D eigenvalue weighted by molar-refractivity contribution is 5.97. The molecule has 3 aromatic rings. The smallest absolute Gasteiger partial charge is 0.408 e. The van der Waals surface area contributed by atoms with E-state index in [1.54, 1.807) is 6.92 Å². The van der Waals surface area contributed by atoms with Gasteiger partial charge in [0, 0.05) is 12.1 Å². The first-order chi connectivity index (χ1) is 14.5. The number of amides is 2. The average molecular weight is 406 g/mol. The molecule has 3 rings (SSSR count). The Hall–Kier alpha value is -3.67. The van der Waals surface area contributed by atoms with Crippen LogP contribution in [0.5, 0.6) is 0 Å². The molecule has 0 radical (unpaired) electrons. The maximum Gasteiger partial charge on any atom is 0.408 e. The van der Waals surface area contributed by atoms with Gasteiger partial charge in [0.1, 0.15) is 18.5 Å². The number of carbonyl (C=O) groups is 2. The van der Waals surface area contributed by atoms with E-state index in [1.165, 1.54) is 18.2 Å². The number of rotatable bonds is 7. The van der Waals surface area contributed by atoms with Gasteiger partial charge in [-0.15, -0.1) is 0 Å². The molecule has 30 heavy (non-hydrogen) atoms. The quantitative estimate of drug-likeness (QED) is 0.602. The van der Waals surface area contributed by atoms with Crippen LogP contribution in [0.2, 0.25) is 0 Å². The molecule has 0 heterocycles. The predicted molar refractivity (Wildman–Crippen MR) is 113 cm³/mol. The molecule has 2 N–H and O–H groups in total. The lowest BCUT2D eigenvalue weighted by Gasteiger charge is -2.19. The Morgan fingerprint density at radius 2 is 1.57 bits per heavy atom. The Labute approximate surface area is 174 Å². The van der Waals surface area contributed by atoms with Crippen LogP contribution in [0.4, 0.5) is 14.9 Å². The second-order valence-corrected chi connectivity index (χ2v) is 6.90. The number of halogens is 1. The highest BCUT2D eigenvalue weighted by Crippen LogP contribution is 2.16. The van der Waals surface area contributed by atoms with E-state index in [0.29, 0.717) is 11.3 Å². The van der Waals surface area contributed by atoms with Crippen molar-refractivity contribution >= 4 is 17.7 Å². The second-order valence-electron chi connectivity index (χ2n) is 6.90. The Kier molecular flexibility index (Phi) is 7.16. The van der Waals surface area contributed by atoms with Crippen LogP contribution in [0.15, 0.2) is 78.9 Å². The number of hydrogen-bond acceptors (Lipinski definition) is 3. The van der Waals surface area contributed by atoms with Crippen molar-refractivity contribution in [3.63, 3.8) is 0 Å². The number of alkyl carbamates (subject to hydrolysis) is 1. The van der Waals surface area contributed by atoms with Crippen molar-refractivity contribution in [1.29, 1.82) is 0 Å². The van der Waals surface area contributed by atoms with E-state index in [4.69, 9.17) is 4.74 Å². The van der Waals surface area contributed by atoms with Gasteiger partial charge in [-0.05, 0) is 41.8 Å². The normalized spacial score (nSPS) is 11.4. The van der Waals surface area contributed by atoms with Gasteiger partial charge in [-0.2, -0.15) is 0 Å². The lowest BCUT2D eigenvalue weighted by molar-refractivity contribution is -0.118. The van der Waals surface area contributed by atoms with Crippen LogP contribution in [0, 0.1) is 12.7 Å². The molecule has 154 valence electrons. The van der Waals surface area contributed by atoms with E-state index in [1.807, 2.05) is 60.7 Å². The van der Waals surface area contributed by atoms with E-state index in [2.05, 4.69) is 10.6 Å². The van der Waals surface area contributed by atoms with E-state index < -0.39 is 18.0 Å². The van der Waals surface area contributed by atoms with E-state index >= 15 is 0 Å². The molecule has 0 aliphatic heterocycles. The maximum absolute atomic E-state index is 13.3. The molecule has 0 fully saturated rings. The molecule has 5 nitrogen and oxygen atoms in total. The molecule has 0 unspecified atom stereocenters. The van der Waals surface area contributed by atoms with Gasteiger partial charge >= 0.3 is 6.09 Å². The molecular formula is C24H23FN2O3. The molecule has 0 aliphatic rings. The fourth-order valence-electron chi connectivity index (χ4n) is 2.95. The first kappa shape index (κ1) is 21.0. The molecule has 0 saturated heterocycles. The highest BCUT2D eigenvalue weighted by Gasteiger charge is 2.23. The molecule has 1 atom stereocenters. The minimum Gasteiger partial charge on any atom is -0.445 e. The summed E-state index contributed by atoms with van der Waals surface area (Å²) in [5, 5.41) is 5.40. The molecule has 0 saturated carbocycles. The fraction of sp³-hybridized carbons (Fsp3) is 0.167. The number of aryl methyl sites for hydroxylation is 1. The van der Waals surface area contributed by atoms with Crippen LogP contribution in [0.25, 0.3) is 0 Å². The Morgan fingerprint density at radius 3 is 2.20 bits per heavy atom. The van der Waals surface area contributed by atoms with Gasteiger partial charge in [0.15, 0.2) is 0 Å². The van der Waals surface area contributed by atoms with Crippen molar-refractivity contribution in [2.75, 3.05) is 5.32 Å². The summed E-state index contributed by atoms with van der Waals surface area (Å²) in [7, 11) is 0. The molecule has 0 aromatic heterocycles. The number of anilines is 1. The van der Waals surface area contributed by atoms with Crippen LogP contribution >= 0.6 is 0 Å². The zero-order valence-corrected chi connectivity index (χ0v) is 16.6. The largest absolute Gasteiger partial charge is 0.445 e. The van der Waals surface area contributed by atoms with Crippen molar-refractivity contribution in [2.24, 2.45) is 0 Å². The third-order valence-electron chi connectivity index (χ3n) is 4.55. The topological polar surface area (TPSA) is 67.4 Å². The third kappa shape index (κ3) is 6.17. The van der Waals surface area contributed by atoms with Gasteiger partial charge in [0.2, 0.25) is 5.91 Å². The number of nitrogens with one attached hydrogen (secondary N) is 2. The molecule has 3 aromatic carbocycles. The van der Waals surface area contributed by atoms with Crippen molar-refractivity contribution in [3.8, 4) is 0 Å². The molecular weight excluding hydrogens is 383 g/mol. The van der Waals surface area contributed by atoms with Crippen molar-refractivity contribution in [1.82, 2.24) is 5.32 Å². The second kappa shape index (κ2) is 10.2. The van der Waals surface area contributed by atoms with E-state index in [0.717, 1.165) is 11.1 Å². The lowest BCUT2D eigenvalue weighted by Crippen LogP contribution is -2.45. The van der Waals surface area contributed by atoms with Crippen LogP contribution in [-0.2, 0) is 22.6 Å². The van der Waals surface area contributed by atoms with Gasteiger partial charge in [-0.3, -0.25) is 4.79 Å². The summed E-state index contributed by atoms with van der Waals surface area (Å²) in [5.74, 6) is -0.792. The number of carbonyl (C=O) groups excluding carboxylic acids is 2. The summed E-state index contributed by atoms with van der Waals surface area (Å²) in [5.41, 5.74) is 2.81. The summed E-state index contributed by atoms with van der Waals surface area (Å²) in [4.78, 5) is 25.2. The van der Waals surface area contributed by atoms with Gasteiger partial charge < -0.3 is 15.4 Å². The van der Waals surface area contributed by atoms with Gasteiger partial charge in [0.25, 0.3) is 0 Å². The molecule has 0 bridgehead atoms. The van der Waals surface area contributed by atoms with Gasteiger partial charge in [-0.1, -0.05) is 60.7 Å². The van der Waals surface area contributed by atoms with Crippen LogP contribution in [0.3, 0.4) is 0 Å². The predicted octanol–water partition coefficient (Wildman–Crippen LogP) is 4.61. The first-order valence-electron chi connectivity index (χ1n) is 9.59. The highest BCUT2D eigenvalue weighted by atomic mass is 19.1. The standard InChI is InChI=1S/C24H23FN2O3/c1-17-14-20(25)12-13-21(17)26-23(28)22(15-18-8-4-2-5-9-18)27-24(29)30-16-19-10-6-3-7-11-19/h2-14,22H,15-16H2,1H3,(H,26,28)(H,27,29)/t22-/m0/s1. The van der Waals surface area contributed by atoms with Crippen LogP contribution in [0.1, 0.15) is 16.7 Å².